The zero-order chi connectivity index (χ0) is 14.7. The second kappa shape index (κ2) is 5.83. The number of oxime groups is 1. The second-order valence-electron chi connectivity index (χ2n) is 5.16. The lowest BCUT2D eigenvalue weighted by Gasteiger charge is -2.22. The first-order chi connectivity index (χ1) is 10.3. The number of hydrogen-bond donors (Lipinski definition) is 2. The van der Waals surface area contributed by atoms with Crippen molar-refractivity contribution in [3.8, 4) is 0 Å². The number of hydrogen-bond acceptors (Lipinski definition) is 4. The van der Waals surface area contributed by atoms with Gasteiger partial charge in [0.2, 0.25) is 0 Å². The number of nitrogens with two attached hydrogens (primary N) is 1. The highest BCUT2D eigenvalue weighted by molar-refractivity contribution is 5.95. The molecular weight excluding hydrogens is 264 g/mol. The number of benzene rings is 1. The summed E-state index contributed by atoms with van der Waals surface area (Å²) in [5.41, 5.74) is 8.86. The van der Waals surface area contributed by atoms with Crippen molar-refractivity contribution in [3.63, 3.8) is 0 Å². The summed E-state index contributed by atoms with van der Waals surface area (Å²) in [6.07, 6.45) is 2.18. The molecule has 0 saturated heterocycles. The summed E-state index contributed by atoms with van der Waals surface area (Å²) in [4.78, 5) is 6.73. The Hall–Kier alpha value is -2.56. The van der Waals surface area contributed by atoms with Gasteiger partial charge in [-0.15, -0.1) is 0 Å². The van der Waals surface area contributed by atoms with Gasteiger partial charge in [-0.05, 0) is 36.1 Å². The molecule has 3 N–H and O–H groups in total. The largest absolute Gasteiger partial charge is 0.409 e. The van der Waals surface area contributed by atoms with E-state index in [-0.39, 0.29) is 5.84 Å². The van der Waals surface area contributed by atoms with Gasteiger partial charge < -0.3 is 15.8 Å². The molecule has 0 spiro atoms. The van der Waals surface area contributed by atoms with Crippen LogP contribution in [0.2, 0.25) is 0 Å². The molecule has 1 aliphatic rings. The predicted molar refractivity (Wildman–Crippen MR) is 82.6 cm³/mol. The monoisotopic (exact) mass is 282 g/mol. The number of pyridine rings is 1. The number of fused-ring (bicyclic) bond motifs is 1. The van der Waals surface area contributed by atoms with Crippen LogP contribution in [0.25, 0.3) is 0 Å². The Kier molecular flexibility index (Phi) is 3.73. The number of aryl methyl sites for hydroxylation is 1. The third kappa shape index (κ3) is 2.81. The van der Waals surface area contributed by atoms with E-state index in [1.807, 2.05) is 12.1 Å². The number of amidine groups is 1. The minimum atomic E-state index is 0.0343. The molecule has 0 fully saturated rings. The van der Waals surface area contributed by atoms with Crippen molar-refractivity contribution < 1.29 is 5.21 Å². The van der Waals surface area contributed by atoms with Crippen LogP contribution in [0.5, 0.6) is 0 Å². The fourth-order valence-corrected chi connectivity index (χ4v) is 2.69. The number of anilines is 1. The summed E-state index contributed by atoms with van der Waals surface area (Å²) >= 11 is 0. The molecule has 0 aliphatic carbocycles. The molecule has 1 aromatic carbocycles. The molecule has 0 amide bonds. The van der Waals surface area contributed by atoms with E-state index >= 15 is 0 Å². The van der Waals surface area contributed by atoms with E-state index in [2.05, 4.69) is 39.3 Å². The first-order valence-corrected chi connectivity index (χ1v) is 7.04. The Morgan fingerprint density at radius 3 is 2.76 bits per heavy atom. The highest BCUT2D eigenvalue weighted by Gasteiger charge is 2.16. The molecule has 1 aromatic heterocycles. The molecule has 0 saturated carbocycles. The summed E-state index contributed by atoms with van der Waals surface area (Å²) in [5.74, 6) is 0.892. The van der Waals surface area contributed by atoms with Gasteiger partial charge in [-0.2, -0.15) is 0 Å². The molecule has 0 atom stereocenters. The zero-order valence-corrected chi connectivity index (χ0v) is 11.7. The molecule has 5 nitrogen and oxygen atoms in total. The maximum Gasteiger partial charge on any atom is 0.188 e. The zero-order valence-electron chi connectivity index (χ0n) is 11.7. The quantitative estimate of drug-likeness (QED) is 0.383. The highest BCUT2D eigenvalue weighted by Crippen LogP contribution is 2.22. The van der Waals surface area contributed by atoms with Crippen molar-refractivity contribution in [2.45, 2.75) is 19.4 Å². The molecule has 0 unspecified atom stereocenters. The Labute approximate surface area is 123 Å². The van der Waals surface area contributed by atoms with Crippen LogP contribution in [-0.2, 0) is 13.0 Å². The Morgan fingerprint density at radius 2 is 1.95 bits per heavy atom. The van der Waals surface area contributed by atoms with Crippen molar-refractivity contribution in [1.82, 2.24) is 4.98 Å². The minimum absolute atomic E-state index is 0.0343. The topological polar surface area (TPSA) is 74.7 Å². The Morgan fingerprint density at radius 1 is 1.14 bits per heavy atom. The summed E-state index contributed by atoms with van der Waals surface area (Å²) in [7, 11) is 0. The highest BCUT2D eigenvalue weighted by atomic mass is 16.4. The van der Waals surface area contributed by atoms with Gasteiger partial charge in [0.05, 0.1) is 0 Å². The third-order valence-corrected chi connectivity index (χ3v) is 3.78. The van der Waals surface area contributed by atoms with E-state index in [9.17, 15) is 0 Å². The lowest BCUT2D eigenvalue weighted by atomic mass is 10.0. The van der Waals surface area contributed by atoms with Crippen LogP contribution in [0.4, 0.5) is 5.82 Å². The van der Waals surface area contributed by atoms with Gasteiger partial charge >= 0.3 is 0 Å². The van der Waals surface area contributed by atoms with E-state index in [0.29, 0.717) is 5.69 Å². The second-order valence-corrected chi connectivity index (χ2v) is 5.16. The van der Waals surface area contributed by atoms with Gasteiger partial charge in [-0.1, -0.05) is 35.5 Å². The summed E-state index contributed by atoms with van der Waals surface area (Å²) in [6, 6.07) is 14.1. The normalized spacial score (nSPS) is 15.4. The van der Waals surface area contributed by atoms with Crippen LogP contribution < -0.4 is 10.6 Å². The lowest BCUT2D eigenvalue weighted by molar-refractivity contribution is 0.318. The molecule has 2 heterocycles. The van der Waals surface area contributed by atoms with Crippen LogP contribution in [0.3, 0.4) is 0 Å². The van der Waals surface area contributed by atoms with Crippen LogP contribution in [0, 0.1) is 0 Å². The van der Waals surface area contributed by atoms with Gasteiger partial charge in [0, 0.05) is 13.1 Å². The van der Waals surface area contributed by atoms with E-state index in [4.69, 9.17) is 10.9 Å². The van der Waals surface area contributed by atoms with Crippen LogP contribution >= 0.6 is 0 Å². The molecule has 3 rings (SSSR count). The molecule has 108 valence electrons. The molecule has 0 bridgehead atoms. The minimum Gasteiger partial charge on any atom is -0.409 e. The summed E-state index contributed by atoms with van der Waals surface area (Å²) in [5, 5.41) is 11.8. The summed E-state index contributed by atoms with van der Waals surface area (Å²) in [6.45, 7) is 1.78. The average molecular weight is 282 g/mol. The van der Waals surface area contributed by atoms with Crippen LogP contribution in [-0.4, -0.2) is 22.6 Å². The molecule has 2 aromatic rings. The Balaban J connectivity index is 1.91. The molecule has 5 heteroatoms. The van der Waals surface area contributed by atoms with Crippen molar-refractivity contribution in [3.05, 3.63) is 59.3 Å². The standard InChI is InChI=1S/C16H18N4O/c17-16(19-21)14-8-3-9-15(18-14)20-10-4-7-12-5-1-2-6-13(12)11-20/h1-3,5-6,8-9,21H,4,7,10-11H2,(H2,17,19). The van der Waals surface area contributed by atoms with Gasteiger partial charge in [-0.25, -0.2) is 4.98 Å². The molecule has 1 aliphatic heterocycles. The number of rotatable bonds is 2. The van der Waals surface area contributed by atoms with E-state index in [1.165, 1.54) is 11.1 Å². The predicted octanol–water partition coefficient (Wildman–Crippen LogP) is 2.13. The fourth-order valence-electron chi connectivity index (χ4n) is 2.69. The van der Waals surface area contributed by atoms with E-state index < -0.39 is 0 Å². The Bertz CT molecular complexity index is 669. The number of nitrogens with zero attached hydrogens (tertiary/aromatic N) is 3. The smallest absolute Gasteiger partial charge is 0.188 e. The SMILES string of the molecule is NC(=NO)c1cccc(N2CCCc3ccccc3C2)n1. The van der Waals surface area contributed by atoms with Crippen molar-refractivity contribution in [1.29, 1.82) is 0 Å². The van der Waals surface area contributed by atoms with E-state index in [0.717, 1.165) is 31.7 Å². The van der Waals surface area contributed by atoms with Crippen molar-refractivity contribution in [2.24, 2.45) is 10.9 Å². The van der Waals surface area contributed by atoms with Gasteiger partial charge in [0.25, 0.3) is 0 Å². The first kappa shape index (κ1) is 13.4. The maximum atomic E-state index is 8.77. The maximum absolute atomic E-state index is 8.77. The molecule has 21 heavy (non-hydrogen) atoms. The van der Waals surface area contributed by atoms with Gasteiger partial charge in [-0.3, -0.25) is 0 Å². The fraction of sp³-hybridized carbons (Fsp3) is 0.250. The number of aromatic nitrogens is 1. The van der Waals surface area contributed by atoms with Crippen LogP contribution in [0.1, 0.15) is 23.2 Å². The first-order valence-electron chi connectivity index (χ1n) is 7.04. The lowest BCUT2D eigenvalue weighted by Crippen LogP contribution is -2.25. The molecular formula is C16H18N4O. The van der Waals surface area contributed by atoms with Crippen molar-refractivity contribution >= 4 is 11.7 Å². The average Bonchev–Trinajstić information content (AvgIpc) is 2.76. The molecule has 0 radical (unpaired) electrons. The van der Waals surface area contributed by atoms with Gasteiger partial charge in [0.15, 0.2) is 5.84 Å². The third-order valence-electron chi connectivity index (χ3n) is 3.78. The van der Waals surface area contributed by atoms with Gasteiger partial charge in [0.1, 0.15) is 11.5 Å². The van der Waals surface area contributed by atoms with E-state index in [1.54, 1.807) is 6.07 Å². The summed E-state index contributed by atoms with van der Waals surface area (Å²) < 4.78 is 0. The van der Waals surface area contributed by atoms with Crippen LogP contribution in [0.15, 0.2) is 47.6 Å². The van der Waals surface area contributed by atoms with Crippen molar-refractivity contribution in [2.75, 3.05) is 11.4 Å².